The first kappa shape index (κ1) is 16.2. The van der Waals surface area contributed by atoms with Gasteiger partial charge in [-0.05, 0) is 5.41 Å². The monoisotopic (exact) mass is 259 g/mol. The number of hydrogen-bond donors (Lipinski definition) is 4. The molecule has 104 valence electrons. The quantitative estimate of drug-likeness (QED) is 0.538. The van der Waals surface area contributed by atoms with E-state index in [0.29, 0.717) is 0 Å². The molecule has 0 rings (SSSR count). The van der Waals surface area contributed by atoms with Gasteiger partial charge in [-0.15, -0.1) is 0 Å². The van der Waals surface area contributed by atoms with E-state index < -0.39 is 23.9 Å². The van der Waals surface area contributed by atoms with Crippen LogP contribution in [0.3, 0.4) is 0 Å². The summed E-state index contributed by atoms with van der Waals surface area (Å²) < 4.78 is 0. The molecule has 3 amide bonds. The van der Waals surface area contributed by atoms with Crippen LogP contribution in [0.4, 0.5) is 4.79 Å². The molecule has 5 N–H and O–H groups in total. The molecule has 0 aliphatic carbocycles. The lowest BCUT2D eigenvalue weighted by Crippen LogP contribution is -2.49. The Morgan fingerprint density at radius 1 is 1.28 bits per heavy atom. The van der Waals surface area contributed by atoms with Gasteiger partial charge in [0.2, 0.25) is 5.91 Å². The van der Waals surface area contributed by atoms with Crippen LogP contribution in [-0.4, -0.2) is 35.6 Å². The van der Waals surface area contributed by atoms with Crippen LogP contribution in [0.25, 0.3) is 0 Å². The molecule has 1 atom stereocenters. The molecule has 0 aromatic carbocycles. The molecule has 0 saturated carbocycles. The lowest BCUT2D eigenvalue weighted by molar-refractivity contribution is -0.138. The fraction of sp³-hybridized carbons (Fsp3) is 0.727. The van der Waals surface area contributed by atoms with Crippen molar-refractivity contribution >= 4 is 17.9 Å². The van der Waals surface area contributed by atoms with Gasteiger partial charge in [0.05, 0.1) is 6.42 Å². The number of carboxylic acid groups (broad SMARTS) is 1. The Balaban J connectivity index is 4.27. The molecule has 0 heterocycles. The zero-order valence-electron chi connectivity index (χ0n) is 10.9. The third kappa shape index (κ3) is 7.48. The van der Waals surface area contributed by atoms with Crippen molar-refractivity contribution in [2.75, 3.05) is 6.54 Å². The third-order valence-electron chi connectivity index (χ3n) is 2.39. The van der Waals surface area contributed by atoms with Crippen molar-refractivity contribution in [1.29, 1.82) is 0 Å². The molecule has 0 fully saturated rings. The maximum Gasteiger partial charge on any atom is 0.315 e. The predicted molar refractivity (Wildman–Crippen MR) is 65.8 cm³/mol. The van der Waals surface area contributed by atoms with Crippen LogP contribution >= 0.6 is 0 Å². The highest BCUT2D eigenvalue weighted by Crippen LogP contribution is 2.21. The van der Waals surface area contributed by atoms with Gasteiger partial charge in [0.25, 0.3) is 0 Å². The zero-order valence-corrected chi connectivity index (χ0v) is 10.9. The molecule has 18 heavy (non-hydrogen) atoms. The highest BCUT2D eigenvalue weighted by atomic mass is 16.4. The molecule has 1 unspecified atom stereocenters. The Kier molecular flexibility index (Phi) is 6.15. The summed E-state index contributed by atoms with van der Waals surface area (Å²) in [6.07, 6.45) is -0.112. The Bertz CT molecular complexity index is 323. The number of amides is 3. The van der Waals surface area contributed by atoms with Crippen LogP contribution in [0.5, 0.6) is 0 Å². The first-order chi connectivity index (χ1) is 8.12. The summed E-state index contributed by atoms with van der Waals surface area (Å²) in [6.45, 7) is 5.64. The number of rotatable bonds is 6. The second-order valence-electron chi connectivity index (χ2n) is 5.13. The molecule has 0 aliphatic heterocycles. The fourth-order valence-electron chi connectivity index (χ4n) is 1.26. The Hall–Kier alpha value is -1.79. The molecule has 0 spiro atoms. The van der Waals surface area contributed by atoms with E-state index in [0.717, 1.165) is 0 Å². The fourth-order valence-corrected chi connectivity index (χ4v) is 1.26. The van der Waals surface area contributed by atoms with E-state index in [9.17, 15) is 14.4 Å². The van der Waals surface area contributed by atoms with Crippen LogP contribution < -0.4 is 16.4 Å². The van der Waals surface area contributed by atoms with Gasteiger partial charge in [-0.1, -0.05) is 20.8 Å². The topological polar surface area (TPSA) is 122 Å². The Labute approximate surface area is 106 Å². The number of hydrogen-bond acceptors (Lipinski definition) is 3. The first-order valence-electron chi connectivity index (χ1n) is 5.67. The van der Waals surface area contributed by atoms with Crippen molar-refractivity contribution in [3.05, 3.63) is 0 Å². The van der Waals surface area contributed by atoms with Gasteiger partial charge in [0, 0.05) is 19.0 Å². The van der Waals surface area contributed by atoms with Gasteiger partial charge < -0.3 is 21.5 Å². The predicted octanol–water partition coefficient (Wildman–Crippen LogP) is 0.0504. The number of carbonyl (C=O) groups excluding carboxylic acids is 2. The molecular formula is C11H21N3O4. The smallest absolute Gasteiger partial charge is 0.315 e. The SMILES string of the molecule is CC(C)(C)C(CC(=O)O)NC(=O)NCCC(N)=O. The molecule has 0 aliphatic rings. The second kappa shape index (κ2) is 6.83. The Morgan fingerprint density at radius 3 is 2.22 bits per heavy atom. The lowest BCUT2D eigenvalue weighted by atomic mass is 9.85. The number of nitrogens with one attached hydrogen (secondary N) is 2. The van der Waals surface area contributed by atoms with E-state index >= 15 is 0 Å². The van der Waals surface area contributed by atoms with Crippen molar-refractivity contribution in [3.63, 3.8) is 0 Å². The number of urea groups is 1. The maximum absolute atomic E-state index is 11.5. The molecule has 0 saturated heterocycles. The molecule has 0 radical (unpaired) electrons. The van der Waals surface area contributed by atoms with E-state index in [4.69, 9.17) is 10.8 Å². The minimum atomic E-state index is -0.979. The van der Waals surface area contributed by atoms with Crippen LogP contribution in [0.2, 0.25) is 0 Å². The van der Waals surface area contributed by atoms with Crippen molar-refractivity contribution in [2.24, 2.45) is 11.1 Å². The van der Waals surface area contributed by atoms with E-state index in [1.165, 1.54) is 0 Å². The van der Waals surface area contributed by atoms with Crippen molar-refractivity contribution in [1.82, 2.24) is 10.6 Å². The van der Waals surface area contributed by atoms with Gasteiger partial charge in [0.15, 0.2) is 0 Å². The van der Waals surface area contributed by atoms with Crippen molar-refractivity contribution in [3.8, 4) is 0 Å². The summed E-state index contributed by atoms with van der Waals surface area (Å²) in [5, 5.41) is 13.8. The van der Waals surface area contributed by atoms with Gasteiger partial charge in [-0.2, -0.15) is 0 Å². The third-order valence-corrected chi connectivity index (χ3v) is 2.39. The van der Waals surface area contributed by atoms with Crippen LogP contribution in [0.15, 0.2) is 0 Å². The maximum atomic E-state index is 11.5. The van der Waals surface area contributed by atoms with E-state index in [1.54, 1.807) is 0 Å². The van der Waals surface area contributed by atoms with Crippen molar-refractivity contribution in [2.45, 2.75) is 39.7 Å². The van der Waals surface area contributed by atoms with E-state index in [2.05, 4.69) is 10.6 Å². The lowest BCUT2D eigenvalue weighted by Gasteiger charge is -2.30. The minimum absolute atomic E-state index is 0.0481. The number of primary amides is 1. The molecular weight excluding hydrogens is 238 g/mol. The summed E-state index contributed by atoms with van der Waals surface area (Å²) in [6, 6.07) is -0.999. The number of carboxylic acids is 1. The largest absolute Gasteiger partial charge is 0.481 e. The number of aliphatic carboxylic acids is 1. The van der Waals surface area contributed by atoms with Crippen LogP contribution in [0.1, 0.15) is 33.6 Å². The highest BCUT2D eigenvalue weighted by molar-refractivity contribution is 5.77. The van der Waals surface area contributed by atoms with Gasteiger partial charge in [0.1, 0.15) is 0 Å². The molecule has 0 aromatic rings. The second-order valence-corrected chi connectivity index (χ2v) is 5.13. The number of carbonyl (C=O) groups is 3. The van der Waals surface area contributed by atoms with Crippen LogP contribution in [0, 0.1) is 5.41 Å². The average molecular weight is 259 g/mol. The molecule has 7 nitrogen and oxygen atoms in total. The normalized spacial score (nSPS) is 12.6. The highest BCUT2D eigenvalue weighted by Gasteiger charge is 2.28. The van der Waals surface area contributed by atoms with Gasteiger partial charge in [-0.25, -0.2) is 4.79 Å². The molecule has 0 aromatic heterocycles. The first-order valence-corrected chi connectivity index (χ1v) is 5.67. The molecule has 7 heteroatoms. The minimum Gasteiger partial charge on any atom is -0.481 e. The number of nitrogens with two attached hydrogens (primary N) is 1. The van der Waals surface area contributed by atoms with Gasteiger partial charge >= 0.3 is 12.0 Å². The summed E-state index contributed by atoms with van der Waals surface area (Å²) in [5.41, 5.74) is 4.55. The van der Waals surface area contributed by atoms with Crippen molar-refractivity contribution < 1.29 is 19.5 Å². The summed E-state index contributed by atoms with van der Waals surface area (Å²) in [4.78, 5) is 32.7. The molecule has 0 bridgehead atoms. The Morgan fingerprint density at radius 2 is 1.83 bits per heavy atom. The summed E-state index contributed by atoms with van der Waals surface area (Å²) in [5.74, 6) is -1.49. The van der Waals surface area contributed by atoms with Crippen LogP contribution in [-0.2, 0) is 9.59 Å². The summed E-state index contributed by atoms with van der Waals surface area (Å²) >= 11 is 0. The zero-order chi connectivity index (χ0) is 14.3. The van der Waals surface area contributed by atoms with E-state index in [-0.39, 0.29) is 24.8 Å². The summed E-state index contributed by atoms with van der Waals surface area (Å²) in [7, 11) is 0. The standard InChI is InChI=1S/C11H21N3O4/c1-11(2,3)7(6-9(16)17)14-10(18)13-5-4-8(12)15/h7H,4-6H2,1-3H3,(H2,12,15)(H,16,17)(H2,13,14,18). The van der Waals surface area contributed by atoms with E-state index in [1.807, 2.05) is 20.8 Å². The average Bonchev–Trinajstić information content (AvgIpc) is 2.13. The van der Waals surface area contributed by atoms with Gasteiger partial charge in [-0.3, -0.25) is 9.59 Å².